The molecule has 5 aromatic heterocycles. The Morgan fingerprint density at radius 1 is 0.864 bits per heavy atom. The maximum atomic E-state index is 8.58. The summed E-state index contributed by atoms with van der Waals surface area (Å²) in [6.07, 6.45) is 0.477. The summed E-state index contributed by atoms with van der Waals surface area (Å²) in [6, 6.07) is 28.5. The zero-order valence-corrected chi connectivity index (χ0v) is 29.1. The third-order valence-electron chi connectivity index (χ3n) is 7.18. The maximum absolute atomic E-state index is 8.58. The van der Waals surface area contributed by atoms with Crippen LogP contribution in [0.1, 0.15) is 50.8 Å². The second-order valence-corrected chi connectivity index (χ2v) is 13.1. The average molecular weight is 776 g/mol. The predicted molar refractivity (Wildman–Crippen MR) is 180 cm³/mol. The first-order valence-corrected chi connectivity index (χ1v) is 15.2. The number of pyridine rings is 3. The number of hydrogen-bond donors (Lipinski definition) is 0. The Morgan fingerprint density at radius 2 is 1.68 bits per heavy atom. The van der Waals surface area contributed by atoms with Crippen molar-refractivity contribution in [2.45, 2.75) is 54.8 Å². The van der Waals surface area contributed by atoms with Crippen molar-refractivity contribution in [3.05, 3.63) is 112 Å². The first-order chi connectivity index (χ1) is 21.3. The number of nitrogens with zero attached hydrogens (tertiary/aromatic N) is 3. The van der Waals surface area contributed by atoms with Gasteiger partial charge in [-0.05, 0) is 73.8 Å². The summed E-state index contributed by atoms with van der Waals surface area (Å²) < 4.78 is 24.2. The van der Waals surface area contributed by atoms with Crippen LogP contribution in [-0.4, -0.2) is 15.0 Å². The van der Waals surface area contributed by atoms with Crippen molar-refractivity contribution < 1.29 is 27.3 Å². The first kappa shape index (κ1) is 29.0. The van der Waals surface area contributed by atoms with Crippen LogP contribution in [0.15, 0.2) is 77.3 Å². The van der Waals surface area contributed by atoms with Crippen LogP contribution in [0, 0.1) is 45.2 Å². The Labute approximate surface area is 279 Å². The molecule has 2 aromatic carbocycles. The van der Waals surface area contributed by atoms with E-state index in [1.165, 1.54) is 28.0 Å². The molecular weight excluding hydrogens is 739 g/mol. The third kappa shape index (κ3) is 6.83. The van der Waals surface area contributed by atoms with Gasteiger partial charge in [0.25, 0.3) is 0 Å². The number of rotatable bonds is 3. The summed E-state index contributed by atoms with van der Waals surface area (Å²) in [5, 5.41) is 1.96. The number of fused-ring (bicyclic) bond motifs is 4. The van der Waals surface area contributed by atoms with Gasteiger partial charge in [-0.15, -0.1) is 64.9 Å². The van der Waals surface area contributed by atoms with E-state index in [0.717, 1.165) is 54.8 Å². The van der Waals surface area contributed by atoms with Crippen molar-refractivity contribution in [3.63, 3.8) is 0 Å². The second-order valence-electron chi connectivity index (χ2n) is 12.0. The fourth-order valence-corrected chi connectivity index (χ4v) is 5.94. The Bertz CT molecular complexity index is 2180. The van der Waals surface area contributed by atoms with Gasteiger partial charge in [0.1, 0.15) is 0 Å². The Balaban J connectivity index is 0.000000220. The molecule has 0 bridgehead atoms. The zero-order chi connectivity index (χ0) is 32.1. The first-order valence-electron chi connectivity index (χ1n) is 15.4. The number of aromatic nitrogens is 3. The molecule has 0 aliphatic rings. The maximum Gasteiger partial charge on any atom is 0.216 e. The molecule has 0 saturated heterocycles. The Kier molecular flexibility index (Phi) is 8.40. The third-order valence-corrected chi connectivity index (χ3v) is 8.19. The van der Waals surface area contributed by atoms with Crippen LogP contribution in [0.25, 0.3) is 54.8 Å². The van der Waals surface area contributed by atoms with Gasteiger partial charge >= 0.3 is 0 Å². The number of aryl methyl sites for hydroxylation is 4. The monoisotopic (exact) mass is 776 g/mol. The zero-order valence-electron chi connectivity index (χ0n) is 27.9. The summed E-state index contributed by atoms with van der Waals surface area (Å²) >= 11 is 1.46. The van der Waals surface area contributed by atoms with E-state index in [0.29, 0.717) is 10.6 Å². The molecule has 5 heterocycles. The summed E-state index contributed by atoms with van der Waals surface area (Å²) in [4.78, 5) is 14.4. The molecular formula is C38H35IrN3OS-2. The normalized spacial score (nSPS) is 12.4. The standard InChI is InChI=1S/C24H21N2OS.C14H14N.Ir/c1-14-8-9-17-16-6-5-7-18(22(16)27-23(17)25-14)19-10-11-21-20(26-19)12-15(28-21)13-24(2,3)4;1-10-4-6-13(7-5-10)14-8-11(2)12(3)9-15-14;/h5-6,8-12H,13H2,1-4H3;4-6,8-9H,1-3H3;/q2*-1;/i13D2;;. The average Bonchev–Trinajstić information content (AvgIpc) is 3.60. The largest absolute Gasteiger partial charge is 0.486 e. The molecule has 0 atom stereocenters. The van der Waals surface area contributed by atoms with E-state index in [9.17, 15) is 0 Å². The molecule has 0 fully saturated rings. The van der Waals surface area contributed by atoms with Crippen molar-refractivity contribution >= 4 is 43.6 Å². The van der Waals surface area contributed by atoms with Gasteiger partial charge in [0.05, 0.1) is 15.8 Å². The summed E-state index contributed by atoms with van der Waals surface area (Å²) in [5.74, 6) is 0. The van der Waals surface area contributed by atoms with E-state index in [2.05, 4.69) is 61.1 Å². The van der Waals surface area contributed by atoms with E-state index < -0.39 is 11.8 Å². The summed E-state index contributed by atoms with van der Waals surface area (Å²) in [6.45, 7) is 13.9. The minimum atomic E-state index is -1.44. The van der Waals surface area contributed by atoms with Gasteiger partial charge in [-0.1, -0.05) is 56.3 Å². The van der Waals surface area contributed by atoms with E-state index >= 15 is 0 Å². The minimum absolute atomic E-state index is 0. The summed E-state index contributed by atoms with van der Waals surface area (Å²) in [5.41, 5.74) is 9.85. The van der Waals surface area contributed by atoms with Crippen LogP contribution in [-0.2, 0) is 26.5 Å². The van der Waals surface area contributed by atoms with Gasteiger partial charge in [0.15, 0.2) is 0 Å². The number of thiophene rings is 1. The van der Waals surface area contributed by atoms with Crippen molar-refractivity contribution in [3.8, 4) is 22.5 Å². The second kappa shape index (κ2) is 12.7. The van der Waals surface area contributed by atoms with Crippen molar-refractivity contribution in [1.29, 1.82) is 0 Å². The van der Waals surface area contributed by atoms with Gasteiger partial charge < -0.3 is 9.40 Å². The van der Waals surface area contributed by atoms with E-state index in [4.69, 9.17) is 12.1 Å². The van der Waals surface area contributed by atoms with Crippen LogP contribution in [0.4, 0.5) is 0 Å². The van der Waals surface area contributed by atoms with E-state index in [1.54, 1.807) is 0 Å². The van der Waals surface area contributed by atoms with Crippen LogP contribution < -0.4 is 0 Å². The molecule has 4 nitrogen and oxygen atoms in total. The van der Waals surface area contributed by atoms with Gasteiger partial charge in [0.2, 0.25) is 5.71 Å². The van der Waals surface area contributed by atoms with E-state index in [1.807, 2.05) is 82.4 Å². The van der Waals surface area contributed by atoms with Crippen LogP contribution in [0.3, 0.4) is 0 Å². The van der Waals surface area contributed by atoms with Gasteiger partial charge in [0, 0.05) is 45.0 Å². The van der Waals surface area contributed by atoms with Gasteiger partial charge in [-0.25, -0.2) is 4.98 Å². The molecule has 7 aromatic rings. The minimum Gasteiger partial charge on any atom is -0.486 e. The van der Waals surface area contributed by atoms with Gasteiger partial charge in [-0.2, -0.15) is 0 Å². The quantitative estimate of drug-likeness (QED) is 0.168. The fraction of sp³-hybridized carbons (Fsp3) is 0.237. The Morgan fingerprint density at radius 3 is 2.41 bits per heavy atom. The molecule has 0 saturated carbocycles. The number of hydrogen-bond acceptors (Lipinski definition) is 5. The molecule has 0 aliphatic carbocycles. The Hall–Kier alpha value is -3.70. The molecule has 44 heavy (non-hydrogen) atoms. The molecule has 0 N–H and O–H groups in total. The van der Waals surface area contributed by atoms with Crippen molar-refractivity contribution in [2.24, 2.45) is 5.41 Å². The van der Waals surface area contributed by atoms with Crippen molar-refractivity contribution in [1.82, 2.24) is 15.0 Å². The van der Waals surface area contributed by atoms with Crippen LogP contribution in [0.5, 0.6) is 0 Å². The molecule has 0 aliphatic heterocycles. The van der Waals surface area contributed by atoms with Crippen LogP contribution >= 0.6 is 11.3 Å². The topological polar surface area (TPSA) is 51.8 Å². The molecule has 0 spiro atoms. The smallest absolute Gasteiger partial charge is 0.216 e. The molecule has 0 unspecified atom stereocenters. The number of furan rings is 1. The number of benzene rings is 2. The SMILES string of the molecule is Cc1c[c-]c(-c2cc(C)c(C)cn2)cc1.[2H]C([2H])(c1cc2nc(-c3[c-]ccc4c3oc3nc(C)ccc34)ccc2s1)C(C)(C)C.[Ir]. The predicted octanol–water partition coefficient (Wildman–Crippen LogP) is 10.4. The van der Waals surface area contributed by atoms with Crippen molar-refractivity contribution in [2.75, 3.05) is 0 Å². The molecule has 1 radical (unpaired) electrons. The summed E-state index contributed by atoms with van der Waals surface area (Å²) in [7, 11) is 0. The molecule has 0 amide bonds. The fourth-order valence-electron chi connectivity index (χ4n) is 4.83. The molecule has 225 valence electrons. The molecule has 7 rings (SSSR count). The molecule has 6 heteroatoms. The van der Waals surface area contributed by atoms with Gasteiger partial charge in [-0.3, -0.25) is 4.98 Å². The van der Waals surface area contributed by atoms with E-state index in [-0.39, 0.29) is 20.1 Å². The van der Waals surface area contributed by atoms with Crippen LogP contribution in [0.2, 0.25) is 0 Å².